The number of carbonyl (C=O) groups is 1. The summed E-state index contributed by atoms with van der Waals surface area (Å²) < 4.78 is 57.4. The van der Waals surface area contributed by atoms with Crippen LogP contribution in [0.15, 0.2) is 41.3 Å². The minimum absolute atomic E-state index is 0.142. The molecule has 8 nitrogen and oxygen atoms in total. The number of hydrogen-bond acceptors (Lipinski definition) is 6. The maximum Gasteiger partial charge on any atom is 0.243 e. The first-order valence-corrected chi connectivity index (χ1v) is 12.3. The van der Waals surface area contributed by atoms with Gasteiger partial charge in [0.25, 0.3) is 0 Å². The third kappa shape index (κ3) is 4.91. The molecule has 0 aromatic heterocycles. The molecular weight excluding hydrogens is 451 g/mol. The average molecular weight is 479 g/mol. The third-order valence-electron chi connectivity index (χ3n) is 6.01. The quantitative estimate of drug-likeness (QED) is 0.686. The second kappa shape index (κ2) is 9.56. The maximum absolute atomic E-state index is 14.0. The van der Waals surface area contributed by atoms with Gasteiger partial charge in [0, 0.05) is 25.1 Å². The van der Waals surface area contributed by atoms with E-state index < -0.39 is 21.9 Å². The summed E-state index contributed by atoms with van der Waals surface area (Å²) in [5, 5.41) is 2.91. The van der Waals surface area contributed by atoms with Crippen LogP contribution in [0.1, 0.15) is 31.4 Å². The Kier molecular flexibility index (Phi) is 6.76. The summed E-state index contributed by atoms with van der Waals surface area (Å²) in [5.41, 5.74) is 0.625. The van der Waals surface area contributed by atoms with E-state index in [1.54, 1.807) is 19.1 Å². The largest absolute Gasteiger partial charge is 0.494 e. The number of fused-ring (bicyclic) bond motifs is 1. The van der Waals surface area contributed by atoms with Gasteiger partial charge in [0.05, 0.1) is 18.0 Å². The van der Waals surface area contributed by atoms with Gasteiger partial charge in [0.1, 0.15) is 13.2 Å². The number of halogens is 1. The SMILES string of the molecule is COc1ccc(C(C)NC(=O)C2CCN(S(=O)(=O)c3ccc4c(c3)OCCO4)CC2)cc1F. The van der Waals surface area contributed by atoms with E-state index in [0.29, 0.717) is 43.1 Å². The Hall–Kier alpha value is -2.85. The highest BCUT2D eigenvalue weighted by molar-refractivity contribution is 7.89. The first-order chi connectivity index (χ1) is 15.8. The fourth-order valence-corrected chi connectivity index (χ4v) is 5.54. The van der Waals surface area contributed by atoms with Crippen molar-refractivity contribution in [2.24, 2.45) is 5.92 Å². The topological polar surface area (TPSA) is 94.2 Å². The number of ether oxygens (including phenoxy) is 3. The molecular formula is C23H27FN2O6S. The van der Waals surface area contributed by atoms with Crippen LogP contribution >= 0.6 is 0 Å². The standard InChI is InChI=1S/C23H27FN2O6S/c1-15(17-3-5-20(30-2)19(24)13-17)25-23(27)16-7-9-26(10-8-16)33(28,29)18-4-6-21-22(14-18)32-12-11-31-21/h3-6,13-16H,7-12H2,1-2H3,(H,25,27). The van der Waals surface area contributed by atoms with Crippen LogP contribution < -0.4 is 19.5 Å². The Morgan fingerprint density at radius 1 is 1.12 bits per heavy atom. The van der Waals surface area contributed by atoms with E-state index >= 15 is 0 Å². The lowest BCUT2D eigenvalue weighted by atomic mass is 9.96. The molecule has 33 heavy (non-hydrogen) atoms. The van der Waals surface area contributed by atoms with Crippen molar-refractivity contribution in [2.75, 3.05) is 33.4 Å². The summed E-state index contributed by atoms with van der Waals surface area (Å²) in [7, 11) is -2.32. The van der Waals surface area contributed by atoms with E-state index in [0.717, 1.165) is 0 Å². The molecule has 0 bridgehead atoms. The van der Waals surface area contributed by atoms with Crippen LogP contribution in [-0.2, 0) is 14.8 Å². The number of nitrogens with one attached hydrogen (secondary N) is 1. The maximum atomic E-state index is 14.0. The van der Waals surface area contributed by atoms with E-state index in [-0.39, 0.29) is 35.6 Å². The minimum Gasteiger partial charge on any atom is -0.494 e. The van der Waals surface area contributed by atoms with Crippen molar-refractivity contribution in [1.29, 1.82) is 0 Å². The Balaban J connectivity index is 1.36. The van der Waals surface area contributed by atoms with E-state index in [9.17, 15) is 17.6 Å². The molecule has 10 heteroatoms. The number of hydrogen-bond donors (Lipinski definition) is 1. The highest BCUT2D eigenvalue weighted by Crippen LogP contribution is 2.34. The predicted molar refractivity (Wildman–Crippen MR) is 118 cm³/mol. The number of amides is 1. The van der Waals surface area contributed by atoms with Crippen LogP contribution in [0.25, 0.3) is 0 Å². The fourth-order valence-electron chi connectivity index (χ4n) is 4.06. The van der Waals surface area contributed by atoms with Crippen LogP contribution in [0.4, 0.5) is 4.39 Å². The van der Waals surface area contributed by atoms with Crippen molar-refractivity contribution in [1.82, 2.24) is 9.62 Å². The normalized spacial score (nSPS) is 17.9. The van der Waals surface area contributed by atoms with Gasteiger partial charge >= 0.3 is 0 Å². The average Bonchev–Trinajstić information content (AvgIpc) is 2.83. The lowest BCUT2D eigenvalue weighted by Gasteiger charge is -2.31. The minimum atomic E-state index is -3.71. The first kappa shape index (κ1) is 23.3. The smallest absolute Gasteiger partial charge is 0.243 e. The molecule has 1 N–H and O–H groups in total. The second-order valence-electron chi connectivity index (χ2n) is 8.11. The van der Waals surface area contributed by atoms with Gasteiger partial charge in [-0.05, 0) is 49.6 Å². The van der Waals surface area contributed by atoms with E-state index in [4.69, 9.17) is 14.2 Å². The monoisotopic (exact) mass is 478 g/mol. The molecule has 0 aliphatic carbocycles. The number of piperidine rings is 1. The molecule has 0 radical (unpaired) electrons. The summed E-state index contributed by atoms with van der Waals surface area (Å²) in [6, 6.07) is 8.77. The highest BCUT2D eigenvalue weighted by Gasteiger charge is 2.33. The summed E-state index contributed by atoms with van der Waals surface area (Å²) in [5.74, 6) is 0.108. The molecule has 2 aromatic rings. The van der Waals surface area contributed by atoms with Crippen molar-refractivity contribution in [3.63, 3.8) is 0 Å². The Morgan fingerprint density at radius 3 is 2.48 bits per heavy atom. The molecule has 1 atom stereocenters. The van der Waals surface area contributed by atoms with Crippen molar-refractivity contribution in [3.8, 4) is 17.2 Å². The zero-order valence-corrected chi connectivity index (χ0v) is 19.4. The molecule has 0 spiro atoms. The van der Waals surface area contributed by atoms with Crippen LogP contribution in [-0.4, -0.2) is 52.0 Å². The van der Waals surface area contributed by atoms with Gasteiger partial charge in [-0.2, -0.15) is 4.31 Å². The van der Waals surface area contributed by atoms with E-state index in [1.165, 1.54) is 35.7 Å². The molecule has 178 valence electrons. The number of carbonyl (C=O) groups excluding carboxylic acids is 1. The molecule has 1 amide bonds. The van der Waals surface area contributed by atoms with E-state index in [1.807, 2.05) is 0 Å². The van der Waals surface area contributed by atoms with Crippen LogP contribution in [0.3, 0.4) is 0 Å². The van der Waals surface area contributed by atoms with Gasteiger partial charge in [-0.25, -0.2) is 12.8 Å². The number of rotatable bonds is 6. The molecule has 2 heterocycles. The van der Waals surface area contributed by atoms with Crippen molar-refractivity contribution in [3.05, 3.63) is 47.8 Å². The molecule has 1 fully saturated rings. The lowest BCUT2D eigenvalue weighted by Crippen LogP contribution is -2.43. The van der Waals surface area contributed by atoms with Gasteiger partial charge in [0.2, 0.25) is 15.9 Å². The van der Waals surface area contributed by atoms with Crippen LogP contribution in [0, 0.1) is 11.7 Å². The van der Waals surface area contributed by atoms with Gasteiger partial charge in [0.15, 0.2) is 23.1 Å². The van der Waals surface area contributed by atoms with Crippen molar-refractivity contribution < 1.29 is 31.8 Å². The molecule has 4 rings (SSSR count). The Morgan fingerprint density at radius 2 is 1.82 bits per heavy atom. The molecule has 1 saturated heterocycles. The summed E-state index contributed by atoms with van der Waals surface area (Å²) in [6.07, 6.45) is 0.804. The number of benzene rings is 2. The van der Waals surface area contributed by atoms with Crippen molar-refractivity contribution >= 4 is 15.9 Å². The Labute approximate surface area is 192 Å². The molecule has 2 aliphatic heterocycles. The second-order valence-corrected chi connectivity index (χ2v) is 10.0. The van der Waals surface area contributed by atoms with Crippen LogP contribution in [0.5, 0.6) is 17.2 Å². The summed E-state index contributed by atoms with van der Waals surface area (Å²) in [6.45, 7) is 3.06. The predicted octanol–water partition coefficient (Wildman–Crippen LogP) is 2.88. The first-order valence-electron chi connectivity index (χ1n) is 10.8. The third-order valence-corrected chi connectivity index (χ3v) is 7.91. The van der Waals surface area contributed by atoms with Gasteiger partial charge in [-0.15, -0.1) is 0 Å². The zero-order chi connectivity index (χ0) is 23.6. The summed E-state index contributed by atoms with van der Waals surface area (Å²) >= 11 is 0. The fraction of sp³-hybridized carbons (Fsp3) is 0.435. The molecule has 0 saturated carbocycles. The van der Waals surface area contributed by atoms with Gasteiger partial charge < -0.3 is 19.5 Å². The lowest BCUT2D eigenvalue weighted by molar-refractivity contribution is -0.126. The molecule has 2 aliphatic rings. The van der Waals surface area contributed by atoms with E-state index in [2.05, 4.69) is 5.32 Å². The molecule has 2 aromatic carbocycles. The Bertz CT molecular complexity index is 1130. The number of sulfonamides is 1. The summed E-state index contributed by atoms with van der Waals surface area (Å²) in [4.78, 5) is 12.9. The zero-order valence-electron chi connectivity index (χ0n) is 18.5. The number of nitrogens with zero attached hydrogens (tertiary/aromatic N) is 1. The molecule has 1 unspecified atom stereocenters. The number of methoxy groups -OCH3 is 1. The van der Waals surface area contributed by atoms with Gasteiger partial charge in [-0.3, -0.25) is 4.79 Å². The highest BCUT2D eigenvalue weighted by atomic mass is 32.2. The van der Waals surface area contributed by atoms with Crippen molar-refractivity contribution in [2.45, 2.75) is 30.7 Å². The van der Waals surface area contributed by atoms with Crippen LogP contribution in [0.2, 0.25) is 0 Å². The van der Waals surface area contributed by atoms with Gasteiger partial charge in [-0.1, -0.05) is 6.07 Å².